The van der Waals surface area contributed by atoms with Gasteiger partial charge >= 0.3 is 0 Å². The van der Waals surface area contributed by atoms with Gasteiger partial charge in [0.1, 0.15) is 0 Å². The largest absolute Gasteiger partial charge is 0.308 e. The predicted octanol–water partition coefficient (Wildman–Crippen LogP) is 2.99. The molecule has 0 aliphatic heterocycles. The van der Waals surface area contributed by atoms with Gasteiger partial charge in [-0.3, -0.25) is 4.68 Å². The number of nitrogens with zero attached hydrogens (tertiary/aromatic N) is 2. The third kappa shape index (κ3) is 3.47. The molecule has 0 aliphatic carbocycles. The molecule has 0 radical (unpaired) electrons. The number of rotatable bonds is 6. The fourth-order valence-electron chi connectivity index (χ4n) is 1.70. The van der Waals surface area contributed by atoms with Crippen molar-refractivity contribution in [3.05, 3.63) is 15.9 Å². The van der Waals surface area contributed by atoms with Crippen molar-refractivity contribution in [3.63, 3.8) is 0 Å². The minimum atomic E-state index is 0.486. The number of aromatic nitrogens is 2. The van der Waals surface area contributed by atoms with E-state index in [2.05, 4.69) is 33.3 Å². The van der Waals surface area contributed by atoms with E-state index in [0.29, 0.717) is 11.9 Å². The highest BCUT2D eigenvalue weighted by molar-refractivity contribution is 9.10. The van der Waals surface area contributed by atoms with Gasteiger partial charge in [0.05, 0.1) is 15.9 Å². The summed E-state index contributed by atoms with van der Waals surface area (Å²) in [5, 5.41) is 7.87. The zero-order chi connectivity index (χ0) is 12.1. The average molecular weight is 309 g/mol. The van der Waals surface area contributed by atoms with Crippen molar-refractivity contribution in [2.75, 3.05) is 5.88 Å². The number of nitrogens with one attached hydrogen (secondary N) is 1. The van der Waals surface area contributed by atoms with E-state index in [1.54, 1.807) is 0 Å². The lowest BCUT2D eigenvalue weighted by atomic mass is 10.1. The van der Waals surface area contributed by atoms with Gasteiger partial charge in [-0.1, -0.05) is 6.92 Å². The first kappa shape index (κ1) is 14.0. The second kappa shape index (κ2) is 6.62. The van der Waals surface area contributed by atoms with Crippen LogP contribution in [0.5, 0.6) is 0 Å². The van der Waals surface area contributed by atoms with Crippen LogP contribution in [0.3, 0.4) is 0 Å². The van der Waals surface area contributed by atoms with Crippen LogP contribution in [0.2, 0.25) is 0 Å². The smallest absolute Gasteiger partial charge is 0.0739 e. The van der Waals surface area contributed by atoms with E-state index in [1.165, 1.54) is 5.69 Å². The minimum absolute atomic E-state index is 0.486. The molecule has 0 saturated heterocycles. The predicted molar refractivity (Wildman–Crippen MR) is 71.9 cm³/mol. The van der Waals surface area contributed by atoms with Crippen molar-refractivity contribution in [1.29, 1.82) is 0 Å². The van der Waals surface area contributed by atoms with Gasteiger partial charge in [0.15, 0.2) is 0 Å². The summed E-state index contributed by atoms with van der Waals surface area (Å²) in [7, 11) is 1.97. The van der Waals surface area contributed by atoms with Crippen LogP contribution >= 0.6 is 27.5 Å². The van der Waals surface area contributed by atoms with E-state index in [4.69, 9.17) is 11.6 Å². The summed E-state index contributed by atoms with van der Waals surface area (Å²) in [6.07, 6.45) is 2.10. The molecule has 1 heterocycles. The lowest BCUT2D eigenvalue weighted by Gasteiger charge is -2.15. The maximum absolute atomic E-state index is 5.76. The summed E-state index contributed by atoms with van der Waals surface area (Å²) in [6, 6.07) is 0.486. The van der Waals surface area contributed by atoms with Crippen LogP contribution in [0, 0.1) is 6.92 Å². The Bertz CT molecular complexity index is 338. The number of aryl methyl sites for hydroxylation is 2. The lowest BCUT2D eigenvalue weighted by Crippen LogP contribution is -2.29. The summed E-state index contributed by atoms with van der Waals surface area (Å²) < 4.78 is 3.02. The van der Waals surface area contributed by atoms with Crippen LogP contribution < -0.4 is 5.32 Å². The van der Waals surface area contributed by atoms with Gasteiger partial charge < -0.3 is 5.32 Å². The van der Waals surface area contributed by atoms with Crippen molar-refractivity contribution in [2.45, 2.75) is 39.3 Å². The Morgan fingerprint density at radius 1 is 1.56 bits per heavy atom. The van der Waals surface area contributed by atoms with Gasteiger partial charge in [0.2, 0.25) is 0 Å². The maximum atomic E-state index is 5.76. The molecule has 0 aromatic carbocycles. The highest BCUT2D eigenvalue weighted by Gasteiger charge is 2.12. The van der Waals surface area contributed by atoms with E-state index in [-0.39, 0.29) is 0 Å². The first-order chi connectivity index (χ1) is 7.60. The van der Waals surface area contributed by atoms with Crippen LogP contribution in [-0.2, 0) is 13.6 Å². The molecule has 0 spiro atoms. The van der Waals surface area contributed by atoms with Gasteiger partial charge in [0, 0.05) is 25.5 Å². The molecule has 0 aliphatic rings. The molecule has 16 heavy (non-hydrogen) atoms. The van der Waals surface area contributed by atoms with Gasteiger partial charge in [0.25, 0.3) is 0 Å². The standard InChI is InChI=1S/C11H19BrClN3/c1-4-9(5-6-13)14-7-10-11(12)8(2)15-16(10)3/h9,14H,4-7H2,1-3H3. The summed E-state index contributed by atoms with van der Waals surface area (Å²) >= 11 is 9.32. The third-order valence-corrected chi connectivity index (χ3v) is 4.02. The second-order valence-corrected chi connectivity index (χ2v) is 5.10. The highest BCUT2D eigenvalue weighted by atomic mass is 79.9. The van der Waals surface area contributed by atoms with Crippen molar-refractivity contribution in [3.8, 4) is 0 Å². The Morgan fingerprint density at radius 3 is 2.69 bits per heavy atom. The molecule has 0 saturated carbocycles. The van der Waals surface area contributed by atoms with Crippen molar-refractivity contribution < 1.29 is 0 Å². The fraction of sp³-hybridized carbons (Fsp3) is 0.727. The molecule has 3 nitrogen and oxygen atoms in total. The van der Waals surface area contributed by atoms with E-state index in [9.17, 15) is 0 Å². The van der Waals surface area contributed by atoms with Gasteiger partial charge in [-0.25, -0.2) is 0 Å². The topological polar surface area (TPSA) is 29.9 Å². The molecule has 1 rings (SSSR count). The summed E-state index contributed by atoms with van der Waals surface area (Å²) in [5.74, 6) is 0.705. The summed E-state index contributed by atoms with van der Waals surface area (Å²) in [5.41, 5.74) is 2.22. The summed E-state index contributed by atoms with van der Waals surface area (Å²) in [4.78, 5) is 0. The Balaban J connectivity index is 2.59. The Morgan fingerprint density at radius 2 is 2.25 bits per heavy atom. The van der Waals surface area contributed by atoms with Crippen LogP contribution in [-0.4, -0.2) is 21.7 Å². The molecule has 1 aromatic rings. The molecular weight excluding hydrogens is 289 g/mol. The molecule has 1 unspecified atom stereocenters. The molecule has 0 amide bonds. The lowest BCUT2D eigenvalue weighted by molar-refractivity contribution is 0.474. The Labute approximate surface area is 111 Å². The maximum Gasteiger partial charge on any atom is 0.0739 e. The van der Waals surface area contributed by atoms with Crippen LogP contribution in [0.1, 0.15) is 31.2 Å². The van der Waals surface area contributed by atoms with Gasteiger partial charge in [-0.2, -0.15) is 5.10 Å². The second-order valence-electron chi connectivity index (χ2n) is 3.93. The third-order valence-electron chi connectivity index (χ3n) is 2.77. The van der Waals surface area contributed by atoms with E-state index in [0.717, 1.165) is 29.6 Å². The highest BCUT2D eigenvalue weighted by Crippen LogP contribution is 2.20. The molecule has 1 N–H and O–H groups in total. The van der Waals surface area contributed by atoms with E-state index < -0.39 is 0 Å². The molecular formula is C11H19BrClN3. The SMILES string of the molecule is CCC(CCCl)NCc1c(Br)c(C)nn1C. The average Bonchev–Trinajstić information content (AvgIpc) is 2.49. The van der Waals surface area contributed by atoms with Crippen molar-refractivity contribution >= 4 is 27.5 Å². The number of halogens is 2. The van der Waals surface area contributed by atoms with Crippen LogP contribution in [0.25, 0.3) is 0 Å². The Hall–Kier alpha value is -0.0600. The van der Waals surface area contributed by atoms with Crippen LogP contribution in [0.15, 0.2) is 4.47 Å². The van der Waals surface area contributed by atoms with Crippen molar-refractivity contribution in [1.82, 2.24) is 15.1 Å². The molecule has 5 heteroatoms. The van der Waals surface area contributed by atoms with E-state index in [1.807, 2.05) is 18.7 Å². The first-order valence-corrected chi connectivity index (χ1v) is 6.90. The molecule has 0 bridgehead atoms. The minimum Gasteiger partial charge on any atom is -0.308 e. The molecule has 92 valence electrons. The normalized spacial score (nSPS) is 13.1. The number of alkyl halides is 1. The monoisotopic (exact) mass is 307 g/mol. The van der Waals surface area contributed by atoms with E-state index >= 15 is 0 Å². The zero-order valence-electron chi connectivity index (χ0n) is 10.1. The van der Waals surface area contributed by atoms with Crippen LogP contribution in [0.4, 0.5) is 0 Å². The summed E-state index contributed by atoms with van der Waals surface area (Å²) in [6.45, 7) is 5.00. The number of hydrogen-bond donors (Lipinski definition) is 1. The molecule has 0 fully saturated rings. The van der Waals surface area contributed by atoms with Crippen molar-refractivity contribution in [2.24, 2.45) is 7.05 Å². The van der Waals surface area contributed by atoms with Gasteiger partial charge in [-0.15, -0.1) is 11.6 Å². The molecule has 1 atom stereocenters. The first-order valence-electron chi connectivity index (χ1n) is 5.57. The Kier molecular flexibility index (Phi) is 5.79. The quantitative estimate of drug-likeness (QED) is 0.819. The fourth-order valence-corrected chi connectivity index (χ4v) is 2.43. The molecule has 1 aromatic heterocycles. The zero-order valence-corrected chi connectivity index (χ0v) is 12.4. The number of hydrogen-bond acceptors (Lipinski definition) is 2. The van der Waals surface area contributed by atoms with Gasteiger partial charge in [-0.05, 0) is 35.7 Å².